The second-order valence-electron chi connectivity index (χ2n) is 6.63. The van der Waals surface area contributed by atoms with Crippen molar-refractivity contribution in [2.24, 2.45) is 0 Å². The molecule has 0 aliphatic rings. The van der Waals surface area contributed by atoms with Gasteiger partial charge in [0, 0.05) is 24.3 Å². The summed E-state index contributed by atoms with van der Waals surface area (Å²) in [4.78, 5) is 43.8. The molecule has 24 heavy (non-hydrogen) atoms. The first kappa shape index (κ1) is 20.2. The number of carbonyl (C=O) groups excluding carboxylic acids is 2. The molecule has 7 nitrogen and oxygen atoms in total. The Labute approximate surface area is 146 Å². The largest absolute Gasteiger partial charge is 0.350 e. The minimum atomic E-state index is -0.334. The molecule has 8 heteroatoms. The molecule has 0 aromatic carbocycles. The first-order valence-corrected chi connectivity index (χ1v) is 8.87. The molecule has 0 bridgehead atoms. The lowest BCUT2D eigenvalue weighted by Crippen LogP contribution is -2.46. The fourth-order valence-electron chi connectivity index (χ4n) is 1.94. The summed E-state index contributed by atoms with van der Waals surface area (Å²) in [5.41, 5.74) is 0.161. The fourth-order valence-corrected chi connectivity index (χ4v) is 2.77. The third kappa shape index (κ3) is 7.63. The lowest BCUT2D eigenvalue weighted by atomic mass is 10.1. The number of aryl methyl sites for hydroxylation is 1. The number of rotatable bonds is 7. The summed E-state index contributed by atoms with van der Waals surface area (Å²) in [6, 6.07) is 1.47. The first-order chi connectivity index (χ1) is 11.1. The molecule has 0 saturated carbocycles. The first-order valence-electron chi connectivity index (χ1n) is 7.88. The minimum absolute atomic E-state index is 0.00349. The molecule has 0 fully saturated rings. The van der Waals surface area contributed by atoms with Crippen LogP contribution in [0.2, 0.25) is 0 Å². The number of nitrogens with one attached hydrogen (secondary N) is 2. The van der Waals surface area contributed by atoms with Crippen LogP contribution in [0.1, 0.15) is 39.8 Å². The van der Waals surface area contributed by atoms with Crippen molar-refractivity contribution in [2.75, 3.05) is 19.3 Å². The van der Waals surface area contributed by atoms with Crippen LogP contribution < -0.4 is 10.9 Å². The summed E-state index contributed by atoms with van der Waals surface area (Å²) < 4.78 is 0. The number of nitrogens with zero attached hydrogens (tertiary/aromatic N) is 2. The van der Waals surface area contributed by atoms with Crippen molar-refractivity contribution in [1.82, 2.24) is 20.2 Å². The molecule has 134 valence electrons. The third-order valence-electron chi connectivity index (χ3n) is 2.93. The molecule has 1 rings (SSSR count). The molecule has 0 atom stereocenters. The Morgan fingerprint density at radius 1 is 1.38 bits per heavy atom. The smallest absolute Gasteiger partial charge is 0.251 e. The van der Waals surface area contributed by atoms with E-state index in [1.54, 1.807) is 7.05 Å². The molecule has 2 N–H and O–H groups in total. The number of hydrogen-bond acceptors (Lipinski definition) is 5. The SMILES string of the molecule is CCCc1cc(=O)[nH]c(SCC(=O)N(C)CC(=O)NC(C)(C)C)n1. The van der Waals surface area contributed by atoms with Gasteiger partial charge in [-0.1, -0.05) is 25.1 Å². The normalized spacial score (nSPS) is 11.2. The Balaban J connectivity index is 2.56. The van der Waals surface area contributed by atoms with Crippen LogP contribution in [0.15, 0.2) is 16.0 Å². The number of H-pyrrole nitrogens is 1. The van der Waals surface area contributed by atoms with E-state index >= 15 is 0 Å². The van der Waals surface area contributed by atoms with Crippen molar-refractivity contribution in [3.8, 4) is 0 Å². The standard InChI is InChI=1S/C16H26N4O3S/c1-6-7-11-8-12(21)18-15(17-11)24-10-14(23)20(5)9-13(22)19-16(2,3)4/h8H,6-7,9-10H2,1-5H3,(H,19,22)(H,17,18,21). The average molecular weight is 354 g/mol. The number of aromatic amines is 1. The van der Waals surface area contributed by atoms with E-state index in [1.165, 1.54) is 11.0 Å². The highest BCUT2D eigenvalue weighted by Gasteiger charge is 2.18. The monoisotopic (exact) mass is 354 g/mol. The predicted molar refractivity (Wildman–Crippen MR) is 95.1 cm³/mol. The van der Waals surface area contributed by atoms with Crippen LogP contribution in [0, 0.1) is 0 Å². The number of amides is 2. The van der Waals surface area contributed by atoms with E-state index in [2.05, 4.69) is 15.3 Å². The molecule has 1 heterocycles. The van der Waals surface area contributed by atoms with E-state index in [1.807, 2.05) is 27.7 Å². The molecule has 1 aromatic rings. The van der Waals surface area contributed by atoms with Crippen LogP contribution >= 0.6 is 11.8 Å². The highest BCUT2D eigenvalue weighted by Crippen LogP contribution is 2.12. The highest BCUT2D eigenvalue weighted by molar-refractivity contribution is 7.99. The summed E-state index contributed by atoms with van der Waals surface area (Å²) in [6.07, 6.45) is 1.61. The lowest BCUT2D eigenvalue weighted by molar-refractivity contribution is -0.133. The lowest BCUT2D eigenvalue weighted by Gasteiger charge is -2.23. The average Bonchev–Trinajstić information content (AvgIpc) is 2.42. The second kappa shape index (κ2) is 8.86. The minimum Gasteiger partial charge on any atom is -0.350 e. The number of aromatic nitrogens is 2. The van der Waals surface area contributed by atoms with Gasteiger partial charge in [-0.15, -0.1) is 0 Å². The van der Waals surface area contributed by atoms with Gasteiger partial charge < -0.3 is 15.2 Å². The molecule has 0 unspecified atom stereocenters. The van der Waals surface area contributed by atoms with Crippen molar-refractivity contribution in [2.45, 2.75) is 51.2 Å². The Morgan fingerprint density at radius 2 is 2.04 bits per heavy atom. The van der Waals surface area contributed by atoms with Crippen LogP contribution in [0.4, 0.5) is 0 Å². The number of likely N-dealkylation sites (N-methyl/N-ethyl adjacent to an activating group) is 1. The van der Waals surface area contributed by atoms with Gasteiger partial charge in [0.2, 0.25) is 11.8 Å². The van der Waals surface area contributed by atoms with Crippen molar-refractivity contribution in [3.05, 3.63) is 22.1 Å². The van der Waals surface area contributed by atoms with Crippen LogP contribution in [-0.4, -0.2) is 51.6 Å². The van der Waals surface area contributed by atoms with E-state index < -0.39 is 0 Å². The van der Waals surface area contributed by atoms with E-state index in [4.69, 9.17) is 0 Å². The maximum absolute atomic E-state index is 12.1. The van der Waals surface area contributed by atoms with Gasteiger partial charge in [0.15, 0.2) is 5.16 Å². The summed E-state index contributed by atoms with van der Waals surface area (Å²) in [7, 11) is 1.58. The van der Waals surface area contributed by atoms with Crippen LogP contribution in [0.25, 0.3) is 0 Å². The zero-order valence-electron chi connectivity index (χ0n) is 14.9. The van der Waals surface area contributed by atoms with Crippen LogP contribution in [0.5, 0.6) is 0 Å². The summed E-state index contributed by atoms with van der Waals surface area (Å²) in [5.74, 6) is -0.301. The Kier molecular flexibility index (Phi) is 7.47. The van der Waals surface area contributed by atoms with Gasteiger partial charge in [0.1, 0.15) is 0 Å². The molecule has 0 aliphatic heterocycles. The number of carbonyl (C=O) groups is 2. The predicted octanol–water partition coefficient (Wildman–Crippen LogP) is 1.19. The molecule has 0 radical (unpaired) electrons. The Morgan fingerprint density at radius 3 is 2.62 bits per heavy atom. The van der Waals surface area contributed by atoms with Gasteiger partial charge in [0.05, 0.1) is 12.3 Å². The highest BCUT2D eigenvalue weighted by atomic mass is 32.2. The van der Waals surface area contributed by atoms with Gasteiger partial charge >= 0.3 is 0 Å². The Hall–Kier alpha value is -1.83. The molecule has 2 amide bonds. The van der Waals surface area contributed by atoms with Gasteiger partial charge in [-0.25, -0.2) is 4.98 Å². The van der Waals surface area contributed by atoms with Crippen molar-refractivity contribution < 1.29 is 9.59 Å². The summed E-state index contributed by atoms with van der Waals surface area (Å²) in [6.45, 7) is 7.66. The van der Waals surface area contributed by atoms with E-state index in [-0.39, 0.29) is 35.2 Å². The molecule has 0 spiro atoms. The van der Waals surface area contributed by atoms with Crippen molar-refractivity contribution >= 4 is 23.6 Å². The molecule has 1 aromatic heterocycles. The van der Waals surface area contributed by atoms with Gasteiger partial charge in [-0.3, -0.25) is 14.4 Å². The van der Waals surface area contributed by atoms with Crippen molar-refractivity contribution in [3.63, 3.8) is 0 Å². The third-order valence-corrected chi connectivity index (χ3v) is 3.79. The zero-order chi connectivity index (χ0) is 18.3. The van der Waals surface area contributed by atoms with Crippen LogP contribution in [0.3, 0.4) is 0 Å². The maximum atomic E-state index is 12.1. The summed E-state index contributed by atoms with van der Waals surface area (Å²) in [5, 5.41) is 3.23. The van der Waals surface area contributed by atoms with Gasteiger partial charge in [0.25, 0.3) is 5.56 Å². The van der Waals surface area contributed by atoms with Gasteiger partial charge in [-0.2, -0.15) is 0 Å². The van der Waals surface area contributed by atoms with Gasteiger partial charge in [-0.05, 0) is 27.2 Å². The maximum Gasteiger partial charge on any atom is 0.251 e. The molecular weight excluding hydrogens is 328 g/mol. The summed E-state index contributed by atoms with van der Waals surface area (Å²) >= 11 is 1.16. The van der Waals surface area contributed by atoms with E-state index in [0.717, 1.165) is 24.6 Å². The Bertz CT molecular complexity index is 637. The van der Waals surface area contributed by atoms with Crippen LogP contribution in [-0.2, 0) is 16.0 Å². The molecule has 0 saturated heterocycles. The van der Waals surface area contributed by atoms with Crippen molar-refractivity contribution in [1.29, 1.82) is 0 Å². The molecular formula is C16H26N4O3S. The van der Waals surface area contributed by atoms with E-state index in [9.17, 15) is 14.4 Å². The second-order valence-corrected chi connectivity index (χ2v) is 7.59. The quantitative estimate of drug-likeness (QED) is 0.566. The number of thioether (sulfide) groups is 1. The molecule has 0 aliphatic carbocycles. The van der Waals surface area contributed by atoms with E-state index in [0.29, 0.717) is 10.9 Å². The topological polar surface area (TPSA) is 95.2 Å². The fraction of sp³-hybridized carbons (Fsp3) is 0.625. The number of hydrogen-bond donors (Lipinski definition) is 2. The zero-order valence-corrected chi connectivity index (χ0v) is 15.7.